The van der Waals surface area contributed by atoms with E-state index in [1.807, 2.05) is 18.7 Å². The number of hydrogen-bond acceptors (Lipinski definition) is 4. The van der Waals surface area contributed by atoms with Crippen molar-refractivity contribution in [3.8, 4) is 0 Å². The summed E-state index contributed by atoms with van der Waals surface area (Å²) in [6.45, 7) is 3.07. The zero-order valence-electron chi connectivity index (χ0n) is 9.62. The number of nitrogens with one attached hydrogen (secondary N) is 1. The summed E-state index contributed by atoms with van der Waals surface area (Å²) >= 11 is 1.93. The van der Waals surface area contributed by atoms with E-state index in [1.165, 1.54) is 19.3 Å². The molecule has 1 rings (SSSR count). The standard InChI is InChI=1S/C11H21NO2S/c1-3-14-11(13)7-8-12-9-5-4-6-10(9)15-2/h9-10,12H,3-8H2,1-2H3. The fraction of sp³-hybridized carbons (Fsp3) is 0.909. The fourth-order valence-electron chi connectivity index (χ4n) is 2.03. The summed E-state index contributed by atoms with van der Waals surface area (Å²) in [6.07, 6.45) is 6.51. The van der Waals surface area contributed by atoms with Gasteiger partial charge in [0.25, 0.3) is 0 Å². The van der Waals surface area contributed by atoms with Crippen molar-refractivity contribution in [3.63, 3.8) is 0 Å². The van der Waals surface area contributed by atoms with E-state index < -0.39 is 0 Å². The van der Waals surface area contributed by atoms with Crippen LogP contribution in [0.15, 0.2) is 0 Å². The van der Waals surface area contributed by atoms with E-state index >= 15 is 0 Å². The van der Waals surface area contributed by atoms with Crippen LogP contribution in [-0.2, 0) is 9.53 Å². The molecule has 0 radical (unpaired) electrons. The zero-order chi connectivity index (χ0) is 11.1. The Bertz CT molecular complexity index is 199. The van der Waals surface area contributed by atoms with Crippen LogP contribution in [0.4, 0.5) is 0 Å². The van der Waals surface area contributed by atoms with E-state index in [-0.39, 0.29) is 5.97 Å². The van der Waals surface area contributed by atoms with Crippen LogP contribution in [0, 0.1) is 0 Å². The highest BCUT2D eigenvalue weighted by atomic mass is 32.2. The van der Waals surface area contributed by atoms with Gasteiger partial charge in [0.15, 0.2) is 0 Å². The highest BCUT2D eigenvalue weighted by molar-refractivity contribution is 7.99. The molecule has 1 saturated carbocycles. The van der Waals surface area contributed by atoms with Crippen LogP contribution in [0.3, 0.4) is 0 Å². The molecule has 0 aromatic heterocycles. The topological polar surface area (TPSA) is 38.3 Å². The van der Waals surface area contributed by atoms with Crippen molar-refractivity contribution in [2.24, 2.45) is 0 Å². The number of thioether (sulfide) groups is 1. The molecule has 0 saturated heterocycles. The molecule has 2 atom stereocenters. The maximum atomic E-state index is 11.1. The zero-order valence-corrected chi connectivity index (χ0v) is 10.4. The first-order valence-corrected chi connectivity index (χ1v) is 6.98. The molecule has 3 nitrogen and oxygen atoms in total. The Balaban J connectivity index is 2.11. The van der Waals surface area contributed by atoms with Crippen LogP contribution in [0.25, 0.3) is 0 Å². The van der Waals surface area contributed by atoms with Crippen molar-refractivity contribution in [2.75, 3.05) is 19.4 Å². The number of rotatable bonds is 6. The minimum absolute atomic E-state index is 0.0938. The molecule has 0 amide bonds. The Kier molecular flexibility index (Phi) is 6.10. The Morgan fingerprint density at radius 2 is 2.33 bits per heavy atom. The summed E-state index contributed by atoms with van der Waals surface area (Å²) in [6, 6.07) is 0.592. The molecular weight excluding hydrogens is 210 g/mol. The maximum absolute atomic E-state index is 11.1. The average molecular weight is 231 g/mol. The quantitative estimate of drug-likeness (QED) is 0.708. The van der Waals surface area contributed by atoms with Gasteiger partial charge in [-0.3, -0.25) is 4.79 Å². The fourth-order valence-corrected chi connectivity index (χ4v) is 3.00. The Hall–Kier alpha value is -0.220. The van der Waals surface area contributed by atoms with Gasteiger partial charge in [-0.25, -0.2) is 0 Å². The van der Waals surface area contributed by atoms with Crippen LogP contribution in [0.1, 0.15) is 32.6 Å². The Morgan fingerprint density at radius 3 is 3.00 bits per heavy atom. The van der Waals surface area contributed by atoms with E-state index in [0.717, 1.165) is 11.8 Å². The molecule has 0 heterocycles. The van der Waals surface area contributed by atoms with E-state index in [9.17, 15) is 4.79 Å². The third-order valence-electron chi connectivity index (χ3n) is 2.80. The van der Waals surface area contributed by atoms with Gasteiger partial charge in [0.05, 0.1) is 13.0 Å². The van der Waals surface area contributed by atoms with Gasteiger partial charge in [0.2, 0.25) is 0 Å². The van der Waals surface area contributed by atoms with E-state index in [2.05, 4.69) is 11.6 Å². The van der Waals surface area contributed by atoms with Crippen molar-refractivity contribution < 1.29 is 9.53 Å². The first-order chi connectivity index (χ1) is 7.27. The molecule has 0 aliphatic heterocycles. The van der Waals surface area contributed by atoms with Gasteiger partial charge in [0.1, 0.15) is 0 Å². The first kappa shape index (κ1) is 12.8. The molecule has 0 spiro atoms. The van der Waals surface area contributed by atoms with Crippen molar-refractivity contribution in [3.05, 3.63) is 0 Å². The molecule has 2 unspecified atom stereocenters. The van der Waals surface area contributed by atoms with Crippen LogP contribution < -0.4 is 5.32 Å². The molecule has 0 bridgehead atoms. The maximum Gasteiger partial charge on any atom is 0.307 e. The van der Waals surface area contributed by atoms with Crippen LogP contribution in [-0.4, -0.2) is 36.7 Å². The second-order valence-corrected chi connectivity index (χ2v) is 4.90. The summed E-state index contributed by atoms with van der Waals surface area (Å²) in [5.41, 5.74) is 0. The third-order valence-corrected chi connectivity index (χ3v) is 3.97. The number of ether oxygens (including phenoxy) is 1. The molecule has 0 aromatic rings. The smallest absolute Gasteiger partial charge is 0.307 e. The van der Waals surface area contributed by atoms with E-state index in [4.69, 9.17) is 4.74 Å². The van der Waals surface area contributed by atoms with Gasteiger partial charge in [0, 0.05) is 17.8 Å². The number of hydrogen-bond donors (Lipinski definition) is 1. The molecule has 88 valence electrons. The van der Waals surface area contributed by atoms with Gasteiger partial charge < -0.3 is 10.1 Å². The van der Waals surface area contributed by atoms with Gasteiger partial charge in [-0.05, 0) is 26.0 Å². The lowest BCUT2D eigenvalue weighted by atomic mass is 10.2. The minimum atomic E-state index is -0.0938. The highest BCUT2D eigenvalue weighted by Crippen LogP contribution is 2.28. The van der Waals surface area contributed by atoms with Crippen molar-refractivity contribution in [2.45, 2.75) is 43.9 Å². The molecule has 15 heavy (non-hydrogen) atoms. The highest BCUT2D eigenvalue weighted by Gasteiger charge is 2.25. The third kappa shape index (κ3) is 4.43. The molecule has 1 aliphatic rings. The Morgan fingerprint density at radius 1 is 1.53 bits per heavy atom. The first-order valence-electron chi connectivity index (χ1n) is 5.69. The summed E-state index contributed by atoms with van der Waals surface area (Å²) in [5.74, 6) is -0.0938. The molecule has 1 fully saturated rings. The molecule has 1 aliphatic carbocycles. The van der Waals surface area contributed by atoms with Gasteiger partial charge in [-0.15, -0.1) is 0 Å². The lowest BCUT2D eigenvalue weighted by Crippen LogP contribution is -2.35. The lowest BCUT2D eigenvalue weighted by molar-refractivity contribution is -0.142. The monoisotopic (exact) mass is 231 g/mol. The van der Waals surface area contributed by atoms with Gasteiger partial charge in [-0.1, -0.05) is 6.42 Å². The van der Waals surface area contributed by atoms with Crippen molar-refractivity contribution in [1.82, 2.24) is 5.32 Å². The minimum Gasteiger partial charge on any atom is -0.466 e. The number of esters is 1. The predicted molar refractivity (Wildman–Crippen MR) is 64.2 cm³/mol. The average Bonchev–Trinajstić information content (AvgIpc) is 2.66. The molecule has 4 heteroatoms. The van der Waals surface area contributed by atoms with Crippen molar-refractivity contribution in [1.29, 1.82) is 0 Å². The number of carbonyl (C=O) groups excluding carboxylic acids is 1. The summed E-state index contributed by atoms with van der Waals surface area (Å²) in [4.78, 5) is 11.1. The molecule has 0 aromatic carbocycles. The molecule has 1 N–H and O–H groups in total. The van der Waals surface area contributed by atoms with Crippen LogP contribution >= 0.6 is 11.8 Å². The molecular formula is C11H21NO2S. The normalized spacial score (nSPS) is 25.5. The SMILES string of the molecule is CCOC(=O)CCNC1CCCC1SC. The second kappa shape index (κ2) is 7.12. The second-order valence-electron chi connectivity index (χ2n) is 3.82. The van der Waals surface area contributed by atoms with Gasteiger partial charge >= 0.3 is 5.97 Å². The largest absolute Gasteiger partial charge is 0.466 e. The predicted octanol–water partition coefficient (Wildman–Crippen LogP) is 1.81. The van der Waals surface area contributed by atoms with Crippen molar-refractivity contribution >= 4 is 17.7 Å². The van der Waals surface area contributed by atoms with Crippen LogP contribution in [0.2, 0.25) is 0 Å². The number of carbonyl (C=O) groups is 1. The summed E-state index contributed by atoms with van der Waals surface area (Å²) < 4.78 is 4.88. The van der Waals surface area contributed by atoms with E-state index in [1.54, 1.807) is 0 Å². The van der Waals surface area contributed by atoms with Gasteiger partial charge in [-0.2, -0.15) is 11.8 Å². The summed E-state index contributed by atoms with van der Waals surface area (Å²) in [5, 5.41) is 4.18. The van der Waals surface area contributed by atoms with E-state index in [0.29, 0.717) is 19.1 Å². The summed E-state index contributed by atoms with van der Waals surface area (Å²) in [7, 11) is 0. The Labute approximate surface area is 96.3 Å². The van der Waals surface area contributed by atoms with Crippen LogP contribution in [0.5, 0.6) is 0 Å². The lowest BCUT2D eigenvalue weighted by Gasteiger charge is -2.18.